The van der Waals surface area contributed by atoms with Gasteiger partial charge in [-0.05, 0) is 66.9 Å². The van der Waals surface area contributed by atoms with E-state index in [1.54, 1.807) is 24.3 Å². The van der Waals surface area contributed by atoms with Crippen LogP contribution in [0.15, 0.2) is 53.5 Å². The van der Waals surface area contributed by atoms with E-state index in [4.69, 9.17) is 9.47 Å². The van der Waals surface area contributed by atoms with E-state index in [9.17, 15) is 74.6 Å². The summed E-state index contributed by atoms with van der Waals surface area (Å²) >= 11 is 0. The molecule has 20 heteroatoms. The highest BCUT2D eigenvalue weighted by Gasteiger charge is 2.95. The zero-order chi connectivity index (χ0) is 45.5. The normalized spacial score (nSPS) is 14.0. The lowest BCUT2D eigenvalue weighted by molar-refractivity contribution is -0.461. The van der Waals surface area contributed by atoms with Crippen LogP contribution in [0.25, 0.3) is 0 Å². The molecular weight excluding hydrogens is 849 g/mol. The van der Waals surface area contributed by atoms with E-state index in [0.29, 0.717) is 23.6 Å². The van der Waals surface area contributed by atoms with Crippen molar-refractivity contribution in [3.8, 4) is 11.5 Å². The van der Waals surface area contributed by atoms with Gasteiger partial charge in [0, 0.05) is 12.6 Å². The lowest BCUT2D eigenvalue weighted by atomic mass is 9.88. The maximum Gasteiger partial charge on any atom is 0.460 e. The molecule has 0 atom stereocenters. The number of alkyl halides is 17. The van der Waals surface area contributed by atoms with Crippen LogP contribution in [0.4, 0.5) is 80.3 Å². The molecular formula is C40H48F17NO2. The molecule has 344 valence electrons. The summed E-state index contributed by atoms with van der Waals surface area (Å²) in [4.78, 5) is 4.27. The predicted octanol–water partition coefficient (Wildman–Crippen LogP) is 15.5. The molecule has 0 unspecified atom stereocenters. The van der Waals surface area contributed by atoms with Gasteiger partial charge in [-0.15, -0.1) is 0 Å². The molecule has 0 aliphatic heterocycles. The molecule has 2 aromatic rings. The van der Waals surface area contributed by atoms with E-state index < -0.39 is 67.1 Å². The number of halogens is 17. The van der Waals surface area contributed by atoms with Gasteiger partial charge in [-0.3, -0.25) is 4.99 Å². The van der Waals surface area contributed by atoms with Crippen LogP contribution in [0.2, 0.25) is 0 Å². The molecule has 60 heavy (non-hydrogen) atoms. The smallest absolute Gasteiger partial charge is 0.460 e. The number of hydrogen-bond acceptors (Lipinski definition) is 3. The van der Waals surface area contributed by atoms with Crippen molar-refractivity contribution in [2.24, 2.45) is 4.99 Å². The minimum Gasteiger partial charge on any atom is -0.494 e. The number of hydrogen-bond donors (Lipinski definition) is 0. The van der Waals surface area contributed by atoms with Crippen molar-refractivity contribution < 1.29 is 84.1 Å². The molecule has 0 saturated heterocycles. The number of benzene rings is 2. The number of unbranched alkanes of at least 4 members (excludes halogenated alkanes) is 13. The third-order valence-electron chi connectivity index (χ3n) is 9.54. The quantitative estimate of drug-likeness (QED) is 0.0463. The van der Waals surface area contributed by atoms with Crippen LogP contribution in [0, 0.1) is 0 Å². The fraction of sp³-hybridized carbons (Fsp3) is 0.675. The van der Waals surface area contributed by atoms with E-state index in [1.165, 1.54) is 101 Å². The van der Waals surface area contributed by atoms with Crippen molar-refractivity contribution in [3.63, 3.8) is 0 Å². The topological polar surface area (TPSA) is 30.8 Å². The molecule has 0 fully saturated rings. The molecule has 3 nitrogen and oxygen atoms in total. The Hall–Kier alpha value is -3.48. The molecule has 0 bridgehead atoms. The van der Waals surface area contributed by atoms with Crippen molar-refractivity contribution >= 4 is 11.9 Å². The summed E-state index contributed by atoms with van der Waals surface area (Å²) in [5.74, 6) is -55.9. The molecule has 0 heterocycles. The van der Waals surface area contributed by atoms with Gasteiger partial charge in [-0.1, -0.05) is 90.4 Å². The van der Waals surface area contributed by atoms with E-state index in [0.717, 1.165) is 19.3 Å². The highest BCUT2D eigenvalue weighted by Crippen LogP contribution is 2.64. The highest BCUT2D eigenvalue weighted by atomic mass is 19.4. The Labute approximate surface area is 337 Å². The predicted molar refractivity (Wildman–Crippen MR) is 191 cm³/mol. The number of rotatable bonds is 29. The van der Waals surface area contributed by atoms with Crippen LogP contribution in [0.5, 0.6) is 11.5 Å². The molecule has 0 spiro atoms. The Morgan fingerprint density at radius 1 is 0.417 bits per heavy atom. The standard InChI is InChI=1S/C40H48F17NO2/c1-2-3-4-5-6-7-8-9-10-11-12-13-14-15-26-59-32-23-19-30(20-24-32)58-28-29-17-21-31(22-18-29)60-27-16-25-33(41,42)34(43,44)35(45,46)36(47,48)37(49,50)38(51,52)39(53,54)40(55,56)57/h17-24,28H,2-16,25-27H2,1H3. The van der Waals surface area contributed by atoms with Crippen LogP contribution in [0.3, 0.4) is 0 Å². The minimum atomic E-state index is -8.65. The van der Waals surface area contributed by atoms with Gasteiger partial charge in [0.25, 0.3) is 0 Å². The number of ether oxygens (including phenoxy) is 2. The van der Waals surface area contributed by atoms with Gasteiger partial charge in [0.2, 0.25) is 0 Å². The Bertz CT molecular complexity index is 1560. The van der Waals surface area contributed by atoms with Crippen LogP contribution < -0.4 is 9.47 Å². The maximum atomic E-state index is 14.1. The minimum absolute atomic E-state index is 0.133. The van der Waals surface area contributed by atoms with Crippen molar-refractivity contribution in [2.45, 2.75) is 157 Å². The third kappa shape index (κ3) is 13.0. The SMILES string of the molecule is CCCCCCCCCCCCCCCCOc1ccc(N=Cc2ccc(OCCCC(F)(F)C(F)(F)C(F)(F)C(F)(F)C(F)(F)C(F)(F)C(F)(F)C(F)(F)F)cc2)cc1. The summed E-state index contributed by atoms with van der Waals surface area (Å²) < 4.78 is 239. The van der Waals surface area contributed by atoms with Crippen LogP contribution in [-0.4, -0.2) is 67.1 Å². The number of aliphatic imine (C=N–C) groups is 1. The molecule has 0 saturated carbocycles. The van der Waals surface area contributed by atoms with Crippen molar-refractivity contribution in [1.82, 2.24) is 0 Å². The van der Waals surface area contributed by atoms with Crippen LogP contribution in [0.1, 0.15) is 115 Å². The first kappa shape index (κ1) is 52.7. The second kappa shape index (κ2) is 22.0. The van der Waals surface area contributed by atoms with Gasteiger partial charge < -0.3 is 9.47 Å². The molecule has 0 aliphatic rings. The maximum absolute atomic E-state index is 14.1. The first-order chi connectivity index (χ1) is 27.7. The average molecular weight is 898 g/mol. The summed E-state index contributed by atoms with van der Waals surface area (Å²) in [6, 6.07) is 12.1. The molecule has 0 aromatic heterocycles. The van der Waals surface area contributed by atoms with E-state index >= 15 is 0 Å². The van der Waals surface area contributed by atoms with Gasteiger partial charge >= 0.3 is 47.6 Å². The molecule has 0 aliphatic carbocycles. The number of nitrogens with zero attached hydrogens (tertiary/aromatic N) is 1. The summed E-state index contributed by atoms with van der Waals surface area (Å²) in [7, 11) is 0. The van der Waals surface area contributed by atoms with Crippen molar-refractivity contribution in [2.75, 3.05) is 13.2 Å². The molecule has 2 rings (SSSR count). The van der Waals surface area contributed by atoms with E-state index in [1.807, 2.05) is 0 Å². The second-order valence-corrected chi connectivity index (χ2v) is 14.4. The van der Waals surface area contributed by atoms with E-state index in [2.05, 4.69) is 11.9 Å². The van der Waals surface area contributed by atoms with Crippen molar-refractivity contribution in [1.29, 1.82) is 0 Å². The van der Waals surface area contributed by atoms with Crippen LogP contribution in [-0.2, 0) is 0 Å². The Morgan fingerprint density at radius 2 is 0.767 bits per heavy atom. The fourth-order valence-corrected chi connectivity index (χ4v) is 5.75. The zero-order valence-corrected chi connectivity index (χ0v) is 32.6. The Morgan fingerprint density at radius 3 is 1.18 bits per heavy atom. The summed E-state index contributed by atoms with van der Waals surface area (Å²) in [5.41, 5.74) is 1.00. The lowest BCUT2D eigenvalue weighted by Crippen LogP contribution is -2.74. The van der Waals surface area contributed by atoms with Gasteiger partial charge in [-0.25, -0.2) is 0 Å². The summed E-state index contributed by atoms with van der Waals surface area (Å²) in [6.07, 6.45) is 7.07. The largest absolute Gasteiger partial charge is 0.494 e. The molecule has 0 radical (unpaired) electrons. The third-order valence-corrected chi connectivity index (χ3v) is 9.54. The first-order valence-electron chi connectivity index (χ1n) is 19.4. The lowest BCUT2D eigenvalue weighted by Gasteiger charge is -2.42. The first-order valence-corrected chi connectivity index (χ1v) is 19.4. The van der Waals surface area contributed by atoms with E-state index in [-0.39, 0.29) is 5.75 Å². The van der Waals surface area contributed by atoms with Crippen molar-refractivity contribution in [3.05, 3.63) is 54.1 Å². The summed E-state index contributed by atoms with van der Waals surface area (Å²) in [5, 5.41) is 0. The molecule has 0 amide bonds. The molecule has 0 N–H and O–H groups in total. The summed E-state index contributed by atoms with van der Waals surface area (Å²) in [6.45, 7) is 1.75. The highest BCUT2D eigenvalue weighted by molar-refractivity contribution is 5.82. The van der Waals surface area contributed by atoms with Gasteiger partial charge in [-0.2, -0.15) is 74.6 Å². The fourth-order valence-electron chi connectivity index (χ4n) is 5.75. The van der Waals surface area contributed by atoms with Gasteiger partial charge in [0.15, 0.2) is 0 Å². The average Bonchev–Trinajstić information content (AvgIpc) is 3.17. The Balaban J connectivity index is 1.79. The van der Waals surface area contributed by atoms with Gasteiger partial charge in [0.1, 0.15) is 11.5 Å². The monoisotopic (exact) mass is 897 g/mol. The Kier molecular flexibility index (Phi) is 19.3. The molecule has 2 aromatic carbocycles. The van der Waals surface area contributed by atoms with Crippen LogP contribution >= 0.6 is 0 Å². The zero-order valence-electron chi connectivity index (χ0n) is 32.6. The second-order valence-electron chi connectivity index (χ2n) is 14.4. The van der Waals surface area contributed by atoms with Gasteiger partial charge in [0.05, 0.1) is 18.9 Å².